The van der Waals surface area contributed by atoms with Gasteiger partial charge in [0.15, 0.2) is 11.6 Å². The van der Waals surface area contributed by atoms with Gasteiger partial charge in [-0.25, -0.2) is 9.97 Å². The Morgan fingerprint density at radius 3 is 2.56 bits per heavy atom. The van der Waals surface area contributed by atoms with E-state index in [1.54, 1.807) is 6.33 Å². The molecule has 122 valence electrons. The van der Waals surface area contributed by atoms with Crippen LogP contribution in [0.15, 0.2) is 60.9 Å². The Balaban J connectivity index is 1.52. The summed E-state index contributed by atoms with van der Waals surface area (Å²) in [4.78, 5) is 11.1. The highest BCUT2D eigenvalue weighted by atomic mass is 15.3. The average Bonchev–Trinajstić information content (AvgIpc) is 3.11. The van der Waals surface area contributed by atoms with E-state index < -0.39 is 0 Å². The van der Waals surface area contributed by atoms with E-state index in [9.17, 15) is 0 Å². The topological polar surface area (TPSA) is 59.7 Å². The van der Waals surface area contributed by atoms with E-state index in [1.807, 2.05) is 36.4 Å². The molecular formula is C19H16N6. The van der Waals surface area contributed by atoms with Gasteiger partial charge < -0.3 is 9.47 Å². The summed E-state index contributed by atoms with van der Waals surface area (Å²) in [7, 11) is 0. The van der Waals surface area contributed by atoms with E-state index in [4.69, 9.17) is 0 Å². The summed E-state index contributed by atoms with van der Waals surface area (Å²) in [5.74, 6) is 2.86. The summed E-state index contributed by atoms with van der Waals surface area (Å²) in [5.41, 5.74) is 2.06. The molecule has 0 unspecified atom stereocenters. The van der Waals surface area contributed by atoms with Crippen LogP contribution in [-0.4, -0.2) is 31.3 Å². The maximum absolute atomic E-state index is 4.53. The molecule has 4 aromatic rings. The molecule has 0 spiro atoms. The van der Waals surface area contributed by atoms with Gasteiger partial charge in [0.2, 0.25) is 0 Å². The minimum absolute atomic E-state index is 0.695. The molecule has 0 saturated carbocycles. The van der Waals surface area contributed by atoms with Gasteiger partial charge >= 0.3 is 0 Å². The Bertz CT molecular complexity index is 1030. The number of para-hydroxylation sites is 1. The van der Waals surface area contributed by atoms with E-state index in [2.05, 4.69) is 47.8 Å². The first-order valence-corrected chi connectivity index (χ1v) is 8.32. The number of nitrogens with zero attached hydrogens (tertiary/aromatic N) is 6. The first-order valence-electron chi connectivity index (χ1n) is 8.32. The fourth-order valence-corrected chi connectivity index (χ4v) is 3.38. The Morgan fingerprint density at radius 2 is 1.64 bits per heavy atom. The van der Waals surface area contributed by atoms with Crippen LogP contribution in [0.25, 0.3) is 22.3 Å². The van der Waals surface area contributed by atoms with Crippen molar-refractivity contribution >= 4 is 16.7 Å². The second kappa shape index (κ2) is 5.66. The number of anilines is 1. The molecule has 2 aromatic carbocycles. The minimum atomic E-state index is 0.695. The van der Waals surface area contributed by atoms with Crippen molar-refractivity contribution in [2.75, 3.05) is 11.4 Å². The number of rotatable bonds is 2. The van der Waals surface area contributed by atoms with Gasteiger partial charge in [-0.3, -0.25) is 0 Å². The number of aromatic nitrogens is 5. The van der Waals surface area contributed by atoms with Crippen molar-refractivity contribution in [2.24, 2.45) is 0 Å². The highest BCUT2D eigenvalue weighted by molar-refractivity contribution is 5.89. The Morgan fingerprint density at radius 1 is 0.800 bits per heavy atom. The van der Waals surface area contributed by atoms with Gasteiger partial charge in [0, 0.05) is 24.0 Å². The highest BCUT2D eigenvalue weighted by Gasteiger charge is 2.23. The zero-order valence-corrected chi connectivity index (χ0v) is 13.6. The fraction of sp³-hybridized carbons (Fsp3) is 0.158. The SMILES string of the molecule is c1ccc(-c2nnc3n2CCN(c2ncnc4ccccc24)C3)cc1. The van der Waals surface area contributed by atoms with Gasteiger partial charge in [0.1, 0.15) is 12.1 Å². The molecule has 3 heterocycles. The highest BCUT2D eigenvalue weighted by Crippen LogP contribution is 2.27. The van der Waals surface area contributed by atoms with Crippen LogP contribution in [0.5, 0.6) is 0 Å². The summed E-state index contributed by atoms with van der Waals surface area (Å²) in [6, 6.07) is 18.3. The fourth-order valence-electron chi connectivity index (χ4n) is 3.38. The second-order valence-corrected chi connectivity index (χ2v) is 6.09. The Kier molecular flexibility index (Phi) is 3.19. The lowest BCUT2D eigenvalue weighted by atomic mass is 10.2. The molecule has 5 rings (SSSR count). The lowest BCUT2D eigenvalue weighted by molar-refractivity contribution is 0.561. The van der Waals surface area contributed by atoms with E-state index >= 15 is 0 Å². The number of hydrogen-bond donors (Lipinski definition) is 0. The van der Waals surface area contributed by atoms with Crippen molar-refractivity contribution in [1.82, 2.24) is 24.7 Å². The van der Waals surface area contributed by atoms with E-state index in [1.165, 1.54) is 0 Å². The zero-order chi connectivity index (χ0) is 16.6. The lowest BCUT2D eigenvalue weighted by Gasteiger charge is -2.29. The molecule has 6 nitrogen and oxygen atoms in total. The third kappa shape index (κ3) is 2.34. The molecule has 0 radical (unpaired) electrons. The van der Waals surface area contributed by atoms with Crippen molar-refractivity contribution in [3.05, 3.63) is 66.7 Å². The van der Waals surface area contributed by atoms with Crippen molar-refractivity contribution < 1.29 is 0 Å². The van der Waals surface area contributed by atoms with E-state index in [0.29, 0.717) is 6.54 Å². The van der Waals surface area contributed by atoms with Crippen LogP contribution in [0.3, 0.4) is 0 Å². The molecule has 2 aromatic heterocycles. The quantitative estimate of drug-likeness (QED) is 0.566. The van der Waals surface area contributed by atoms with E-state index in [-0.39, 0.29) is 0 Å². The molecule has 0 fully saturated rings. The molecule has 0 saturated heterocycles. The predicted molar refractivity (Wildman–Crippen MR) is 96.0 cm³/mol. The molecule has 0 atom stereocenters. The standard InChI is InChI=1S/C19H16N6/c1-2-6-14(7-3-1)18-23-22-17-12-24(10-11-25(17)18)19-15-8-4-5-9-16(15)20-13-21-19/h1-9,13H,10-12H2. The monoisotopic (exact) mass is 328 g/mol. The zero-order valence-electron chi connectivity index (χ0n) is 13.6. The first kappa shape index (κ1) is 14.1. The Labute approximate surface area is 144 Å². The summed E-state index contributed by atoms with van der Waals surface area (Å²) in [6.45, 7) is 2.40. The van der Waals surface area contributed by atoms with Crippen LogP contribution in [0.2, 0.25) is 0 Å². The lowest BCUT2D eigenvalue weighted by Crippen LogP contribution is -2.34. The van der Waals surface area contributed by atoms with Crippen molar-refractivity contribution in [2.45, 2.75) is 13.1 Å². The second-order valence-electron chi connectivity index (χ2n) is 6.09. The van der Waals surface area contributed by atoms with Crippen LogP contribution < -0.4 is 4.90 Å². The summed E-state index contributed by atoms with van der Waals surface area (Å²) >= 11 is 0. The van der Waals surface area contributed by atoms with Crippen LogP contribution in [0.4, 0.5) is 5.82 Å². The van der Waals surface area contributed by atoms with Crippen molar-refractivity contribution in [3.8, 4) is 11.4 Å². The first-order chi connectivity index (χ1) is 12.4. The van der Waals surface area contributed by atoms with Gasteiger partial charge in [0.05, 0.1) is 12.1 Å². The summed E-state index contributed by atoms with van der Waals surface area (Å²) < 4.78 is 2.20. The normalized spacial score (nSPS) is 13.8. The third-order valence-electron chi connectivity index (χ3n) is 4.61. The summed E-state index contributed by atoms with van der Waals surface area (Å²) in [6.07, 6.45) is 1.63. The maximum Gasteiger partial charge on any atom is 0.164 e. The van der Waals surface area contributed by atoms with Gasteiger partial charge in [-0.2, -0.15) is 0 Å². The van der Waals surface area contributed by atoms with Crippen LogP contribution >= 0.6 is 0 Å². The molecule has 1 aliphatic rings. The molecule has 0 N–H and O–H groups in total. The van der Waals surface area contributed by atoms with Gasteiger partial charge in [-0.05, 0) is 12.1 Å². The Hall–Kier alpha value is -3.28. The molecule has 6 heteroatoms. The minimum Gasteiger partial charge on any atom is -0.347 e. The molecule has 0 bridgehead atoms. The van der Waals surface area contributed by atoms with Crippen molar-refractivity contribution in [3.63, 3.8) is 0 Å². The van der Waals surface area contributed by atoms with Gasteiger partial charge in [-0.1, -0.05) is 42.5 Å². The maximum atomic E-state index is 4.53. The number of benzene rings is 2. The number of fused-ring (bicyclic) bond motifs is 2. The van der Waals surface area contributed by atoms with Crippen molar-refractivity contribution in [1.29, 1.82) is 0 Å². The third-order valence-corrected chi connectivity index (χ3v) is 4.61. The summed E-state index contributed by atoms with van der Waals surface area (Å²) in [5, 5.41) is 9.90. The number of hydrogen-bond acceptors (Lipinski definition) is 5. The van der Waals surface area contributed by atoms with E-state index in [0.717, 1.165) is 47.0 Å². The largest absolute Gasteiger partial charge is 0.347 e. The molecular weight excluding hydrogens is 312 g/mol. The molecule has 1 aliphatic heterocycles. The molecule has 25 heavy (non-hydrogen) atoms. The molecule has 0 amide bonds. The smallest absolute Gasteiger partial charge is 0.164 e. The van der Waals surface area contributed by atoms with Crippen LogP contribution in [-0.2, 0) is 13.1 Å². The van der Waals surface area contributed by atoms with Gasteiger partial charge in [0.25, 0.3) is 0 Å². The predicted octanol–water partition coefficient (Wildman–Crippen LogP) is 2.91. The van der Waals surface area contributed by atoms with Crippen LogP contribution in [0.1, 0.15) is 5.82 Å². The van der Waals surface area contributed by atoms with Gasteiger partial charge in [-0.15, -0.1) is 10.2 Å². The average molecular weight is 328 g/mol. The van der Waals surface area contributed by atoms with Crippen LogP contribution in [0, 0.1) is 0 Å². The molecule has 0 aliphatic carbocycles.